The van der Waals surface area contributed by atoms with E-state index in [9.17, 15) is 9.59 Å². The first-order valence-corrected chi connectivity index (χ1v) is 7.38. The van der Waals surface area contributed by atoms with Crippen molar-refractivity contribution in [3.63, 3.8) is 0 Å². The fraction of sp³-hybridized carbons (Fsp3) is 0.0625. The van der Waals surface area contributed by atoms with E-state index in [2.05, 4.69) is 10.3 Å². The number of anilines is 1. The lowest BCUT2D eigenvalue weighted by atomic mass is 10.1. The summed E-state index contributed by atoms with van der Waals surface area (Å²) in [5.41, 5.74) is 1.96. The van der Waals surface area contributed by atoms with Crippen LogP contribution in [0.1, 0.15) is 26.3 Å². The number of aromatic carboxylic acids is 1. The Morgan fingerprint density at radius 2 is 1.82 bits per heavy atom. The molecule has 110 valence electrons. The Kier molecular flexibility index (Phi) is 3.60. The summed E-state index contributed by atoms with van der Waals surface area (Å²) in [5.74, 6) is -1.61. The third-order valence-corrected chi connectivity index (χ3v) is 4.18. The molecule has 1 heterocycles. The average Bonchev–Trinajstić information content (AvgIpc) is 2.91. The van der Waals surface area contributed by atoms with Gasteiger partial charge in [-0.3, -0.25) is 10.1 Å². The van der Waals surface area contributed by atoms with Crippen molar-refractivity contribution in [1.29, 1.82) is 0 Å². The van der Waals surface area contributed by atoms with Gasteiger partial charge in [-0.25, -0.2) is 9.78 Å². The number of rotatable bonds is 3. The van der Waals surface area contributed by atoms with Crippen LogP contribution in [0.25, 0.3) is 10.2 Å². The second kappa shape index (κ2) is 5.57. The van der Waals surface area contributed by atoms with Crippen LogP contribution in [0.5, 0.6) is 0 Å². The van der Waals surface area contributed by atoms with Crippen molar-refractivity contribution in [2.75, 3.05) is 5.32 Å². The molecule has 0 spiro atoms. The molecule has 0 aliphatic carbocycles. The number of hydrogen-bond acceptors (Lipinski definition) is 4. The minimum Gasteiger partial charge on any atom is -0.478 e. The third kappa shape index (κ3) is 2.56. The topological polar surface area (TPSA) is 79.3 Å². The molecule has 0 fully saturated rings. The van der Waals surface area contributed by atoms with Gasteiger partial charge in [0.2, 0.25) is 0 Å². The van der Waals surface area contributed by atoms with Crippen molar-refractivity contribution < 1.29 is 14.7 Å². The molecule has 1 aromatic heterocycles. The van der Waals surface area contributed by atoms with Crippen LogP contribution < -0.4 is 5.32 Å². The number of carbonyl (C=O) groups excluding carboxylic acids is 1. The van der Waals surface area contributed by atoms with E-state index in [-0.39, 0.29) is 11.1 Å². The van der Waals surface area contributed by atoms with Crippen molar-refractivity contribution in [3.8, 4) is 0 Å². The van der Waals surface area contributed by atoms with Gasteiger partial charge in [0.05, 0.1) is 21.3 Å². The molecule has 0 bridgehead atoms. The number of benzene rings is 2. The number of nitrogens with zero attached hydrogens (tertiary/aromatic N) is 1. The number of hydrogen-bond donors (Lipinski definition) is 2. The fourth-order valence-electron chi connectivity index (χ4n) is 2.17. The number of thiazole rings is 1. The smallest absolute Gasteiger partial charge is 0.336 e. The van der Waals surface area contributed by atoms with Gasteiger partial charge in [0.15, 0.2) is 5.13 Å². The number of fused-ring (bicyclic) bond motifs is 1. The molecule has 22 heavy (non-hydrogen) atoms. The summed E-state index contributed by atoms with van der Waals surface area (Å²) in [6.45, 7) is 1.95. The second-order valence-corrected chi connectivity index (χ2v) is 5.78. The van der Waals surface area contributed by atoms with Crippen LogP contribution >= 0.6 is 11.3 Å². The molecule has 0 saturated carbocycles. The van der Waals surface area contributed by atoms with E-state index in [1.807, 2.05) is 25.1 Å². The largest absolute Gasteiger partial charge is 0.478 e. The number of para-hydroxylation sites is 1. The SMILES string of the molecule is Cc1cccc2sc(NC(=O)c3ccccc3C(=O)O)nc12. The van der Waals surface area contributed by atoms with Crippen LogP contribution in [0.15, 0.2) is 42.5 Å². The van der Waals surface area contributed by atoms with Gasteiger partial charge < -0.3 is 5.11 Å². The molecule has 1 amide bonds. The predicted molar refractivity (Wildman–Crippen MR) is 85.7 cm³/mol. The van der Waals surface area contributed by atoms with Crippen molar-refractivity contribution in [1.82, 2.24) is 4.98 Å². The number of carboxylic acids is 1. The van der Waals surface area contributed by atoms with Crippen LogP contribution in [0.2, 0.25) is 0 Å². The first kappa shape index (κ1) is 14.2. The average molecular weight is 312 g/mol. The van der Waals surface area contributed by atoms with E-state index in [1.165, 1.54) is 23.5 Å². The quantitative estimate of drug-likeness (QED) is 0.775. The Hall–Kier alpha value is -2.73. The summed E-state index contributed by atoms with van der Waals surface area (Å²) >= 11 is 1.36. The molecule has 0 radical (unpaired) electrons. The normalized spacial score (nSPS) is 10.6. The van der Waals surface area contributed by atoms with Crippen molar-refractivity contribution in [2.45, 2.75) is 6.92 Å². The summed E-state index contributed by atoms with van der Waals surface area (Å²) in [5, 5.41) is 12.3. The van der Waals surface area contributed by atoms with Crippen molar-refractivity contribution in [2.24, 2.45) is 0 Å². The first-order valence-electron chi connectivity index (χ1n) is 6.56. The van der Waals surface area contributed by atoms with Crippen LogP contribution in [-0.4, -0.2) is 22.0 Å². The number of carbonyl (C=O) groups is 2. The molecular weight excluding hydrogens is 300 g/mol. The maximum atomic E-state index is 12.3. The number of aryl methyl sites for hydroxylation is 1. The van der Waals surface area contributed by atoms with Crippen LogP contribution in [0.3, 0.4) is 0 Å². The van der Waals surface area contributed by atoms with Crippen molar-refractivity contribution >= 4 is 38.6 Å². The zero-order chi connectivity index (χ0) is 15.7. The summed E-state index contributed by atoms with van der Waals surface area (Å²) in [6, 6.07) is 11.9. The van der Waals surface area contributed by atoms with E-state index >= 15 is 0 Å². The Bertz CT molecular complexity index is 886. The van der Waals surface area contributed by atoms with E-state index in [0.29, 0.717) is 5.13 Å². The Balaban J connectivity index is 1.93. The van der Waals surface area contributed by atoms with Crippen LogP contribution in [-0.2, 0) is 0 Å². The molecule has 0 aliphatic heterocycles. The van der Waals surface area contributed by atoms with E-state index in [0.717, 1.165) is 15.8 Å². The van der Waals surface area contributed by atoms with E-state index in [4.69, 9.17) is 5.11 Å². The monoisotopic (exact) mass is 312 g/mol. The summed E-state index contributed by atoms with van der Waals surface area (Å²) in [7, 11) is 0. The molecule has 0 unspecified atom stereocenters. The van der Waals surface area contributed by atoms with Gasteiger partial charge in [0, 0.05) is 0 Å². The molecule has 2 aromatic carbocycles. The zero-order valence-electron chi connectivity index (χ0n) is 11.7. The van der Waals surface area contributed by atoms with Crippen LogP contribution in [0.4, 0.5) is 5.13 Å². The highest BCUT2D eigenvalue weighted by Crippen LogP contribution is 2.28. The number of amides is 1. The summed E-state index contributed by atoms with van der Waals surface area (Å²) < 4.78 is 0.974. The van der Waals surface area contributed by atoms with Crippen LogP contribution in [0, 0.1) is 6.92 Å². The van der Waals surface area contributed by atoms with Gasteiger partial charge in [-0.15, -0.1) is 0 Å². The zero-order valence-corrected chi connectivity index (χ0v) is 12.5. The highest BCUT2D eigenvalue weighted by atomic mass is 32.1. The number of carboxylic acid groups (broad SMARTS) is 1. The minimum absolute atomic E-state index is 0.0303. The third-order valence-electron chi connectivity index (χ3n) is 3.24. The highest BCUT2D eigenvalue weighted by molar-refractivity contribution is 7.22. The van der Waals surface area contributed by atoms with Gasteiger partial charge in [0.1, 0.15) is 0 Å². The summed E-state index contributed by atoms with van der Waals surface area (Å²) in [6.07, 6.45) is 0. The second-order valence-electron chi connectivity index (χ2n) is 4.75. The van der Waals surface area contributed by atoms with E-state index in [1.54, 1.807) is 12.1 Å². The molecule has 3 rings (SSSR count). The minimum atomic E-state index is -1.13. The molecule has 0 atom stereocenters. The predicted octanol–water partition coefficient (Wildman–Crippen LogP) is 3.56. The fourth-order valence-corrected chi connectivity index (χ4v) is 3.11. The molecular formula is C16H12N2O3S. The molecule has 0 aliphatic rings. The lowest BCUT2D eigenvalue weighted by Gasteiger charge is -2.04. The number of nitrogens with one attached hydrogen (secondary N) is 1. The molecule has 5 nitrogen and oxygen atoms in total. The molecule has 2 N–H and O–H groups in total. The number of aromatic nitrogens is 1. The van der Waals surface area contributed by atoms with Gasteiger partial charge in [-0.1, -0.05) is 35.6 Å². The Morgan fingerprint density at radius 3 is 2.50 bits per heavy atom. The van der Waals surface area contributed by atoms with Crippen molar-refractivity contribution in [3.05, 3.63) is 59.2 Å². The highest BCUT2D eigenvalue weighted by Gasteiger charge is 2.17. The van der Waals surface area contributed by atoms with Gasteiger partial charge in [-0.05, 0) is 30.7 Å². The molecule has 0 saturated heterocycles. The Labute approximate surface area is 130 Å². The first-order chi connectivity index (χ1) is 10.6. The standard InChI is InChI=1S/C16H12N2O3S/c1-9-5-4-8-12-13(9)17-16(22-12)18-14(19)10-6-2-3-7-11(10)15(20)21/h2-8H,1H3,(H,20,21)(H,17,18,19). The Morgan fingerprint density at radius 1 is 1.09 bits per heavy atom. The maximum Gasteiger partial charge on any atom is 0.336 e. The van der Waals surface area contributed by atoms with E-state index < -0.39 is 11.9 Å². The molecule has 6 heteroatoms. The van der Waals surface area contributed by atoms with Gasteiger partial charge in [0.25, 0.3) is 5.91 Å². The lowest BCUT2D eigenvalue weighted by Crippen LogP contribution is -2.16. The summed E-state index contributed by atoms with van der Waals surface area (Å²) in [4.78, 5) is 27.9. The van der Waals surface area contributed by atoms with Gasteiger partial charge in [-0.2, -0.15) is 0 Å². The van der Waals surface area contributed by atoms with Gasteiger partial charge >= 0.3 is 5.97 Å². The lowest BCUT2D eigenvalue weighted by molar-refractivity contribution is 0.0692. The maximum absolute atomic E-state index is 12.3. The molecule has 3 aromatic rings.